The molecular formula is C13H16FN3. The summed E-state index contributed by atoms with van der Waals surface area (Å²) in [6.07, 6.45) is 3.62. The van der Waals surface area contributed by atoms with Crippen LogP contribution in [0.1, 0.15) is 18.3 Å². The number of hydrogen-bond acceptors (Lipinski definition) is 2. The van der Waals surface area contributed by atoms with E-state index in [1.807, 2.05) is 23.8 Å². The van der Waals surface area contributed by atoms with Gasteiger partial charge in [0.1, 0.15) is 11.6 Å². The molecule has 0 amide bonds. The van der Waals surface area contributed by atoms with Crippen LogP contribution >= 0.6 is 0 Å². The molecule has 0 spiro atoms. The van der Waals surface area contributed by atoms with E-state index in [0.717, 1.165) is 12.4 Å². The van der Waals surface area contributed by atoms with Crippen molar-refractivity contribution < 1.29 is 4.39 Å². The third-order valence-electron chi connectivity index (χ3n) is 2.63. The maximum absolute atomic E-state index is 13.5. The van der Waals surface area contributed by atoms with Gasteiger partial charge in [0.15, 0.2) is 0 Å². The van der Waals surface area contributed by atoms with E-state index in [1.54, 1.807) is 18.3 Å². The molecule has 0 unspecified atom stereocenters. The van der Waals surface area contributed by atoms with Crippen LogP contribution in [0, 0.1) is 5.82 Å². The van der Waals surface area contributed by atoms with E-state index in [2.05, 4.69) is 10.3 Å². The molecule has 0 atom stereocenters. The molecule has 2 rings (SSSR count). The molecule has 0 aliphatic rings. The highest BCUT2D eigenvalue weighted by molar-refractivity contribution is 5.18. The Morgan fingerprint density at radius 2 is 2.18 bits per heavy atom. The molecule has 1 aromatic carbocycles. The average molecular weight is 233 g/mol. The summed E-state index contributed by atoms with van der Waals surface area (Å²) in [5.74, 6) is 0.755. The Morgan fingerprint density at radius 3 is 2.94 bits per heavy atom. The van der Waals surface area contributed by atoms with Crippen molar-refractivity contribution in [1.82, 2.24) is 14.9 Å². The van der Waals surface area contributed by atoms with Gasteiger partial charge in [0, 0.05) is 18.0 Å². The fraction of sp³-hybridized carbons (Fsp3) is 0.308. The molecule has 0 aliphatic carbocycles. The Labute approximate surface area is 100 Å². The van der Waals surface area contributed by atoms with Crippen molar-refractivity contribution in [1.29, 1.82) is 0 Å². The summed E-state index contributed by atoms with van der Waals surface area (Å²) in [6.45, 7) is 4.17. The summed E-state index contributed by atoms with van der Waals surface area (Å²) >= 11 is 0. The molecule has 4 heteroatoms. The summed E-state index contributed by atoms with van der Waals surface area (Å²) in [4.78, 5) is 4.26. The smallest absolute Gasteiger partial charge is 0.128 e. The van der Waals surface area contributed by atoms with Gasteiger partial charge in [0.25, 0.3) is 0 Å². The van der Waals surface area contributed by atoms with Gasteiger partial charge in [-0.25, -0.2) is 9.37 Å². The van der Waals surface area contributed by atoms with E-state index in [4.69, 9.17) is 0 Å². The molecule has 3 nitrogen and oxygen atoms in total. The molecule has 0 radical (unpaired) electrons. The second kappa shape index (κ2) is 5.59. The van der Waals surface area contributed by atoms with Crippen LogP contribution in [0.5, 0.6) is 0 Å². The molecule has 17 heavy (non-hydrogen) atoms. The van der Waals surface area contributed by atoms with Gasteiger partial charge in [-0.3, -0.25) is 0 Å². The molecule has 1 N–H and O–H groups in total. The summed E-state index contributed by atoms with van der Waals surface area (Å²) in [7, 11) is 0. The zero-order chi connectivity index (χ0) is 12.1. The minimum atomic E-state index is -0.171. The van der Waals surface area contributed by atoms with E-state index in [9.17, 15) is 4.39 Å². The Morgan fingerprint density at radius 1 is 1.35 bits per heavy atom. The van der Waals surface area contributed by atoms with Crippen molar-refractivity contribution in [2.24, 2.45) is 0 Å². The molecule has 0 saturated carbocycles. The lowest BCUT2D eigenvalue weighted by molar-refractivity contribution is 0.586. The normalized spacial score (nSPS) is 10.7. The minimum Gasteiger partial charge on any atom is -0.329 e. The largest absolute Gasteiger partial charge is 0.329 e. The maximum Gasteiger partial charge on any atom is 0.128 e. The van der Waals surface area contributed by atoms with Gasteiger partial charge >= 0.3 is 0 Å². The highest BCUT2D eigenvalue weighted by Crippen LogP contribution is 2.09. The summed E-state index contributed by atoms with van der Waals surface area (Å²) in [5, 5.41) is 3.21. The third kappa shape index (κ3) is 2.91. The number of imidazole rings is 1. The predicted molar refractivity (Wildman–Crippen MR) is 65.1 cm³/mol. The number of nitrogens with one attached hydrogen (secondary N) is 1. The zero-order valence-corrected chi connectivity index (χ0v) is 9.86. The van der Waals surface area contributed by atoms with Crippen molar-refractivity contribution in [2.75, 3.05) is 6.54 Å². The Bertz CT molecular complexity index is 479. The van der Waals surface area contributed by atoms with Crippen molar-refractivity contribution in [2.45, 2.75) is 20.0 Å². The molecule has 1 heterocycles. The van der Waals surface area contributed by atoms with Gasteiger partial charge < -0.3 is 9.88 Å². The van der Waals surface area contributed by atoms with Crippen molar-refractivity contribution in [3.8, 4) is 0 Å². The standard InChI is InChI=1S/C13H16FN3/c1-2-15-9-13-16-7-8-17(13)10-11-5-3-4-6-12(11)14/h3-8,15H,2,9-10H2,1H3. The minimum absolute atomic E-state index is 0.171. The van der Waals surface area contributed by atoms with Gasteiger partial charge in [-0.15, -0.1) is 0 Å². The number of aromatic nitrogens is 2. The van der Waals surface area contributed by atoms with E-state index in [1.165, 1.54) is 6.07 Å². The predicted octanol–water partition coefficient (Wildman–Crippen LogP) is 2.18. The Balaban J connectivity index is 2.13. The monoisotopic (exact) mass is 233 g/mol. The van der Waals surface area contributed by atoms with Crippen LogP contribution in [0.25, 0.3) is 0 Å². The van der Waals surface area contributed by atoms with Crippen molar-refractivity contribution >= 4 is 0 Å². The van der Waals surface area contributed by atoms with Crippen LogP contribution < -0.4 is 5.32 Å². The van der Waals surface area contributed by atoms with E-state index >= 15 is 0 Å². The Hall–Kier alpha value is -1.68. The maximum atomic E-state index is 13.5. The van der Waals surface area contributed by atoms with Crippen molar-refractivity contribution in [3.05, 3.63) is 53.9 Å². The van der Waals surface area contributed by atoms with Crippen LogP contribution in [0.15, 0.2) is 36.7 Å². The van der Waals surface area contributed by atoms with Gasteiger partial charge in [0.05, 0.1) is 13.1 Å². The molecule has 2 aromatic rings. The topological polar surface area (TPSA) is 29.9 Å². The summed E-state index contributed by atoms with van der Waals surface area (Å²) in [5.41, 5.74) is 0.684. The second-order valence-electron chi connectivity index (χ2n) is 3.84. The van der Waals surface area contributed by atoms with E-state index < -0.39 is 0 Å². The zero-order valence-electron chi connectivity index (χ0n) is 9.86. The third-order valence-corrected chi connectivity index (χ3v) is 2.63. The first-order chi connectivity index (χ1) is 8.31. The highest BCUT2D eigenvalue weighted by atomic mass is 19.1. The quantitative estimate of drug-likeness (QED) is 0.857. The lowest BCUT2D eigenvalue weighted by Gasteiger charge is -2.08. The van der Waals surface area contributed by atoms with E-state index in [-0.39, 0.29) is 5.82 Å². The first-order valence-corrected chi connectivity index (χ1v) is 5.75. The molecular weight excluding hydrogens is 217 g/mol. The van der Waals surface area contributed by atoms with Crippen LogP contribution in [0.4, 0.5) is 4.39 Å². The fourth-order valence-corrected chi connectivity index (χ4v) is 1.70. The molecule has 0 fully saturated rings. The van der Waals surface area contributed by atoms with Crippen LogP contribution in [-0.4, -0.2) is 16.1 Å². The lowest BCUT2D eigenvalue weighted by Crippen LogP contribution is -2.16. The first kappa shape index (κ1) is 11.8. The summed E-state index contributed by atoms with van der Waals surface area (Å²) < 4.78 is 15.5. The first-order valence-electron chi connectivity index (χ1n) is 5.75. The second-order valence-corrected chi connectivity index (χ2v) is 3.84. The number of rotatable bonds is 5. The molecule has 0 bridgehead atoms. The van der Waals surface area contributed by atoms with Crippen LogP contribution in [0.2, 0.25) is 0 Å². The Kier molecular flexibility index (Phi) is 3.88. The van der Waals surface area contributed by atoms with Gasteiger partial charge in [-0.2, -0.15) is 0 Å². The van der Waals surface area contributed by atoms with Crippen LogP contribution in [0.3, 0.4) is 0 Å². The highest BCUT2D eigenvalue weighted by Gasteiger charge is 2.05. The molecule has 90 valence electrons. The molecule has 0 aliphatic heterocycles. The number of halogens is 1. The molecule has 1 aromatic heterocycles. The lowest BCUT2D eigenvalue weighted by atomic mass is 10.2. The van der Waals surface area contributed by atoms with Crippen LogP contribution in [-0.2, 0) is 13.1 Å². The SMILES string of the molecule is CCNCc1nccn1Cc1ccccc1F. The van der Waals surface area contributed by atoms with Gasteiger partial charge in [0.2, 0.25) is 0 Å². The molecule has 0 saturated heterocycles. The number of hydrogen-bond donors (Lipinski definition) is 1. The number of nitrogens with zero attached hydrogens (tertiary/aromatic N) is 2. The van der Waals surface area contributed by atoms with Gasteiger partial charge in [-0.05, 0) is 12.6 Å². The van der Waals surface area contributed by atoms with E-state index in [0.29, 0.717) is 18.7 Å². The average Bonchev–Trinajstić information content (AvgIpc) is 2.77. The fourth-order valence-electron chi connectivity index (χ4n) is 1.70. The summed E-state index contributed by atoms with van der Waals surface area (Å²) in [6, 6.07) is 6.83. The number of benzene rings is 1. The van der Waals surface area contributed by atoms with Gasteiger partial charge in [-0.1, -0.05) is 25.1 Å². The van der Waals surface area contributed by atoms with Crippen molar-refractivity contribution in [3.63, 3.8) is 0 Å².